The number of aromatic hydroxyl groups is 2. The van der Waals surface area contributed by atoms with Crippen LogP contribution in [-0.4, -0.2) is 62.7 Å². The summed E-state index contributed by atoms with van der Waals surface area (Å²) in [6.07, 6.45) is 1.27. The van der Waals surface area contributed by atoms with E-state index in [1.807, 2.05) is 19.1 Å². The van der Waals surface area contributed by atoms with E-state index in [1.165, 1.54) is 12.1 Å². The number of fused-ring (bicyclic) bond motifs is 2. The molecule has 5 rings (SSSR count). The number of phenols is 2. The lowest BCUT2D eigenvalue weighted by Gasteiger charge is -2.37. The maximum atomic E-state index is 9.64. The summed E-state index contributed by atoms with van der Waals surface area (Å²) in [7, 11) is 0. The number of nitrogens with one attached hydrogen (secondary N) is 1. The lowest BCUT2D eigenvalue weighted by molar-refractivity contribution is 0.0679. The molecule has 3 N–H and O–H groups in total. The van der Waals surface area contributed by atoms with Crippen molar-refractivity contribution in [2.75, 3.05) is 31.1 Å². The van der Waals surface area contributed by atoms with Crippen LogP contribution in [0.2, 0.25) is 0 Å². The van der Waals surface area contributed by atoms with E-state index >= 15 is 0 Å². The Morgan fingerprint density at radius 1 is 1.06 bits per heavy atom. The highest BCUT2D eigenvalue weighted by atomic mass is 32.1. The molecule has 1 saturated heterocycles. The Morgan fingerprint density at radius 3 is 2.56 bits per heavy atom. The van der Waals surface area contributed by atoms with Crippen LogP contribution in [0, 0.1) is 0 Å². The number of rotatable bonds is 3. The van der Waals surface area contributed by atoms with E-state index in [0.29, 0.717) is 23.2 Å². The zero-order valence-corrected chi connectivity index (χ0v) is 18.3. The lowest BCUT2D eigenvalue weighted by Crippen LogP contribution is -2.51. The number of thiocarbonyl (C=S) groups is 1. The summed E-state index contributed by atoms with van der Waals surface area (Å²) < 4.78 is 11.4. The molecule has 0 radical (unpaired) electrons. The molecule has 3 heterocycles. The maximum Gasteiger partial charge on any atom is 0.238 e. The van der Waals surface area contributed by atoms with Crippen molar-refractivity contribution in [1.82, 2.24) is 20.2 Å². The molecule has 0 spiro atoms. The van der Waals surface area contributed by atoms with Crippen molar-refractivity contribution in [1.29, 1.82) is 0 Å². The second-order valence-corrected chi connectivity index (χ2v) is 8.16. The van der Waals surface area contributed by atoms with Crippen LogP contribution in [0.4, 0.5) is 5.82 Å². The number of nitrogens with zero attached hydrogens (tertiary/aromatic N) is 4. The Morgan fingerprint density at radius 2 is 1.81 bits per heavy atom. The number of hydrogen-bond acceptors (Lipinski definition) is 8. The van der Waals surface area contributed by atoms with Crippen LogP contribution < -0.4 is 19.7 Å². The van der Waals surface area contributed by atoms with Crippen LogP contribution in [0.3, 0.4) is 0 Å². The first-order valence-electron chi connectivity index (χ1n) is 10.4. The molecular formula is C22H23N5O4S. The molecule has 0 bridgehead atoms. The predicted molar refractivity (Wildman–Crippen MR) is 123 cm³/mol. The Kier molecular flexibility index (Phi) is 5.22. The topological polar surface area (TPSA) is 103 Å². The molecular weight excluding hydrogens is 430 g/mol. The molecule has 9 nitrogen and oxygen atoms in total. The molecule has 1 unspecified atom stereocenters. The molecule has 1 atom stereocenters. The first kappa shape index (κ1) is 20.4. The molecule has 10 heteroatoms. The Bertz CT molecular complexity index is 1180. The maximum absolute atomic E-state index is 9.64. The van der Waals surface area contributed by atoms with Crippen LogP contribution in [-0.2, 0) is 6.54 Å². The number of aromatic nitrogens is 2. The summed E-state index contributed by atoms with van der Waals surface area (Å²) in [5, 5.41) is 23.9. The molecule has 166 valence electrons. The van der Waals surface area contributed by atoms with Crippen molar-refractivity contribution in [3.8, 4) is 23.0 Å². The van der Waals surface area contributed by atoms with E-state index < -0.39 is 0 Å². The standard InChI is InChI=1S/C22H23N5O4S/c1-13-30-19-9-15-16(10-20(19)31-13)24-12-25-21(15)26-4-6-27(7-5-26)22(32)23-11-14-2-3-17(28)18(29)8-14/h2-3,8-10,12-13,28-29H,4-7,11H2,1H3,(H,23,32). The highest BCUT2D eigenvalue weighted by Gasteiger charge is 2.25. The van der Waals surface area contributed by atoms with Crippen LogP contribution in [0.15, 0.2) is 36.7 Å². The minimum absolute atomic E-state index is 0.136. The summed E-state index contributed by atoms with van der Waals surface area (Å²) >= 11 is 5.56. The van der Waals surface area contributed by atoms with E-state index in [0.717, 1.165) is 48.5 Å². The summed E-state index contributed by atoms with van der Waals surface area (Å²) in [6.45, 7) is 5.35. The van der Waals surface area contributed by atoms with Crippen LogP contribution in [0.5, 0.6) is 23.0 Å². The van der Waals surface area contributed by atoms with Crippen molar-refractivity contribution in [3.05, 3.63) is 42.2 Å². The number of ether oxygens (including phenoxy) is 2. The number of piperazine rings is 1. The SMILES string of the molecule is CC1Oc2cc3ncnc(N4CCN(C(=S)NCc5ccc(O)c(O)c5)CC4)c3cc2O1. The highest BCUT2D eigenvalue weighted by molar-refractivity contribution is 7.80. The second-order valence-electron chi connectivity index (χ2n) is 7.77. The van der Waals surface area contributed by atoms with Crippen molar-refractivity contribution in [3.63, 3.8) is 0 Å². The molecule has 32 heavy (non-hydrogen) atoms. The van der Waals surface area contributed by atoms with Crippen molar-refractivity contribution >= 4 is 34.1 Å². The van der Waals surface area contributed by atoms with Crippen molar-refractivity contribution < 1.29 is 19.7 Å². The number of benzene rings is 2. The number of hydrogen-bond donors (Lipinski definition) is 3. The first-order chi connectivity index (χ1) is 15.5. The van der Waals surface area contributed by atoms with Gasteiger partial charge in [-0.25, -0.2) is 9.97 Å². The summed E-state index contributed by atoms with van der Waals surface area (Å²) in [4.78, 5) is 13.3. The smallest absolute Gasteiger partial charge is 0.238 e. The van der Waals surface area contributed by atoms with E-state index in [1.54, 1.807) is 12.4 Å². The Hall–Kier alpha value is -3.53. The fourth-order valence-electron chi connectivity index (χ4n) is 3.96. The fraction of sp³-hybridized carbons (Fsp3) is 0.318. The Balaban J connectivity index is 1.24. The van der Waals surface area contributed by atoms with E-state index in [2.05, 4.69) is 25.1 Å². The van der Waals surface area contributed by atoms with Gasteiger partial charge in [0, 0.05) is 51.1 Å². The zero-order chi connectivity index (χ0) is 22.2. The summed E-state index contributed by atoms with van der Waals surface area (Å²) in [5.74, 6) is 2.02. The predicted octanol–water partition coefficient (Wildman–Crippen LogP) is 2.35. The normalized spacial score (nSPS) is 17.6. The monoisotopic (exact) mass is 453 g/mol. The van der Waals surface area contributed by atoms with Crippen molar-refractivity contribution in [2.24, 2.45) is 0 Å². The number of phenolic OH excluding ortho intramolecular Hbond substituents is 2. The largest absolute Gasteiger partial charge is 0.504 e. The quantitative estimate of drug-likeness (QED) is 0.404. The molecule has 0 saturated carbocycles. The number of anilines is 1. The zero-order valence-electron chi connectivity index (χ0n) is 17.5. The van der Waals surface area contributed by atoms with Gasteiger partial charge < -0.3 is 34.8 Å². The van der Waals surface area contributed by atoms with Gasteiger partial charge >= 0.3 is 0 Å². The van der Waals surface area contributed by atoms with Gasteiger partial charge in [-0.15, -0.1) is 0 Å². The van der Waals surface area contributed by atoms with Crippen LogP contribution in [0.25, 0.3) is 10.9 Å². The third-order valence-electron chi connectivity index (χ3n) is 5.62. The summed E-state index contributed by atoms with van der Waals surface area (Å²) in [6, 6.07) is 8.59. The average molecular weight is 454 g/mol. The Labute approximate surface area is 190 Å². The molecule has 2 aliphatic rings. The van der Waals surface area contributed by atoms with E-state index in [-0.39, 0.29) is 17.8 Å². The van der Waals surface area contributed by atoms with E-state index in [4.69, 9.17) is 21.7 Å². The van der Waals surface area contributed by atoms with Gasteiger partial charge in [0.15, 0.2) is 28.1 Å². The van der Waals surface area contributed by atoms with Gasteiger partial charge in [0.05, 0.1) is 5.52 Å². The molecule has 0 aliphatic carbocycles. The second kappa shape index (κ2) is 8.19. The average Bonchev–Trinajstić information content (AvgIpc) is 3.16. The molecule has 2 aliphatic heterocycles. The van der Waals surface area contributed by atoms with Crippen LogP contribution in [0.1, 0.15) is 12.5 Å². The molecule has 2 aromatic carbocycles. The molecule has 3 aromatic rings. The van der Waals surface area contributed by atoms with Gasteiger partial charge in [-0.3, -0.25) is 0 Å². The van der Waals surface area contributed by atoms with Gasteiger partial charge in [0.25, 0.3) is 0 Å². The van der Waals surface area contributed by atoms with E-state index in [9.17, 15) is 10.2 Å². The minimum atomic E-state index is -0.305. The molecule has 1 fully saturated rings. The molecule has 1 aromatic heterocycles. The highest BCUT2D eigenvalue weighted by Crippen LogP contribution is 2.39. The fourth-order valence-corrected chi connectivity index (χ4v) is 4.21. The third kappa shape index (κ3) is 3.89. The lowest BCUT2D eigenvalue weighted by atomic mass is 10.2. The van der Waals surface area contributed by atoms with Gasteiger partial charge in [0.2, 0.25) is 6.29 Å². The van der Waals surface area contributed by atoms with Gasteiger partial charge in [-0.05, 0) is 36.0 Å². The third-order valence-corrected chi connectivity index (χ3v) is 6.02. The van der Waals surface area contributed by atoms with Gasteiger partial charge in [-0.2, -0.15) is 0 Å². The van der Waals surface area contributed by atoms with Gasteiger partial charge in [0.1, 0.15) is 12.1 Å². The summed E-state index contributed by atoms with van der Waals surface area (Å²) in [5.41, 5.74) is 1.66. The van der Waals surface area contributed by atoms with Crippen molar-refractivity contribution in [2.45, 2.75) is 19.8 Å². The van der Waals surface area contributed by atoms with Gasteiger partial charge in [-0.1, -0.05) is 6.07 Å². The van der Waals surface area contributed by atoms with Crippen LogP contribution >= 0.6 is 12.2 Å². The minimum Gasteiger partial charge on any atom is -0.504 e. The molecule has 0 amide bonds. The first-order valence-corrected chi connectivity index (χ1v) is 10.8.